The van der Waals surface area contributed by atoms with Crippen LogP contribution < -0.4 is 0 Å². The lowest BCUT2D eigenvalue weighted by Gasteiger charge is -2.11. The maximum absolute atomic E-state index is 5.93. The summed E-state index contributed by atoms with van der Waals surface area (Å²) in [6.07, 6.45) is 0. The largest absolute Gasteiger partial charge is 0.126 e. The van der Waals surface area contributed by atoms with Crippen molar-refractivity contribution in [3.63, 3.8) is 0 Å². The molecule has 0 amide bonds. The highest BCUT2D eigenvalue weighted by molar-refractivity contribution is 9.25. The lowest BCUT2D eigenvalue weighted by molar-refractivity contribution is 0.459. The fourth-order valence-corrected chi connectivity index (χ4v) is 6.42. The van der Waals surface area contributed by atoms with Gasteiger partial charge in [-0.15, -0.1) is 23.2 Å². The lowest BCUT2D eigenvalue weighted by Crippen LogP contribution is -2.14. The molecule has 1 atom stereocenters. The van der Waals surface area contributed by atoms with E-state index in [-0.39, 0.29) is 8.65 Å². The number of rotatable bonds is 3. The van der Waals surface area contributed by atoms with Crippen molar-refractivity contribution in [2.24, 2.45) is 17.3 Å². The van der Waals surface area contributed by atoms with E-state index in [0.717, 1.165) is 0 Å². The molecular weight excluding hydrogens is 327 g/mol. The Morgan fingerprint density at radius 2 is 1.67 bits per heavy atom. The summed E-state index contributed by atoms with van der Waals surface area (Å²) in [6, 6.07) is 0. The highest BCUT2D eigenvalue weighted by Gasteiger charge is 2.74. The smallest absolute Gasteiger partial charge is 0.0925 e. The summed E-state index contributed by atoms with van der Waals surface area (Å²) >= 11 is 19.2. The van der Waals surface area contributed by atoms with Gasteiger partial charge in [-0.3, -0.25) is 0 Å². The van der Waals surface area contributed by atoms with Gasteiger partial charge in [-0.1, -0.05) is 45.7 Å². The Kier molecular flexibility index (Phi) is 3.48. The third kappa shape index (κ3) is 1.37. The summed E-state index contributed by atoms with van der Waals surface area (Å²) in [5.41, 5.74) is 0.0320. The van der Waals surface area contributed by atoms with Gasteiger partial charge in [0, 0.05) is 17.2 Å². The minimum atomic E-state index is -0.0370. The van der Waals surface area contributed by atoms with E-state index in [2.05, 4.69) is 45.7 Å². The van der Waals surface area contributed by atoms with E-state index in [4.69, 9.17) is 23.2 Å². The van der Waals surface area contributed by atoms with Gasteiger partial charge in [0.25, 0.3) is 0 Å². The average molecular weight is 339 g/mol. The van der Waals surface area contributed by atoms with Gasteiger partial charge < -0.3 is 0 Å². The molecule has 1 unspecified atom stereocenters. The molecule has 0 N–H and O–H groups in total. The molecular formula is C8H12Br2Cl2. The van der Waals surface area contributed by atoms with Crippen molar-refractivity contribution in [2.75, 3.05) is 11.8 Å². The van der Waals surface area contributed by atoms with Gasteiger partial charge in [0.2, 0.25) is 0 Å². The van der Waals surface area contributed by atoms with Gasteiger partial charge in [-0.05, 0) is 11.8 Å². The molecule has 12 heavy (non-hydrogen) atoms. The van der Waals surface area contributed by atoms with E-state index in [1.165, 1.54) is 0 Å². The maximum Gasteiger partial charge on any atom is 0.0925 e. The average Bonchev–Trinajstić information content (AvgIpc) is 2.47. The number of hydrogen-bond donors (Lipinski definition) is 0. The Hall–Kier alpha value is 1.54. The van der Waals surface area contributed by atoms with Gasteiger partial charge in [0.15, 0.2) is 0 Å². The van der Waals surface area contributed by atoms with Crippen molar-refractivity contribution in [1.82, 2.24) is 0 Å². The highest BCUT2D eigenvalue weighted by atomic mass is 79.9. The molecule has 1 aliphatic carbocycles. The molecule has 1 saturated carbocycles. The summed E-state index contributed by atoms with van der Waals surface area (Å²) in [5, 5.41) is 0. The first-order valence-electron chi connectivity index (χ1n) is 3.93. The van der Waals surface area contributed by atoms with Crippen molar-refractivity contribution in [3.05, 3.63) is 0 Å². The molecule has 1 rings (SSSR count). The van der Waals surface area contributed by atoms with Gasteiger partial charge in [-0.25, -0.2) is 0 Å². The van der Waals surface area contributed by atoms with Crippen LogP contribution in [0.4, 0.5) is 0 Å². The Morgan fingerprint density at radius 3 is 1.75 bits per heavy atom. The third-order valence-corrected chi connectivity index (χ3v) is 6.23. The van der Waals surface area contributed by atoms with Crippen LogP contribution in [0.15, 0.2) is 0 Å². The summed E-state index contributed by atoms with van der Waals surface area (Å²) in [5.74, 6) is 2.34. The van der Waals surface area contributed by atoms with E-state index in [1.54, 1.807) is 0 Å². The van der Waals surface area contributed by atoms with E-state index in [0.29, 0.717) is 23.6 Å². The van der Waals surface area contributed by atoms with Crippen molar-refractivity contribution in [2.45, 2.75) is 17.1 Å². The van der Waals surface area contributed by atoms with Gasteiger partial charge in [0.05, 0.1) is 3.23 Å². The molecule has 0 bridgehead atoms. The van der Waals surface area contributed by atoms with Crippen LogP contribution in [0.25, 0.3) is 0 Å². The standard InChI is InChI=1S/C8H12Br2Cl2/c1-5(2)6-7(3-11,4-12)8(6,9)10/h5-6H,3-4H2,1-2H3. The van der Waals surface area contributed by atoms with Crippen molar-refractivity contribution in [3.8, 4) is 0 Å². The summed E-state index contributed by atoms with van der Waals surface area (Å²) in [6.45, 7) is 4.39. The molecule has 0 aliphatic heterocycles. The Balaban J connectivity index is 2.82. The van der Waals surface area contributed by atoms with Crippen LogP contribution in [0, 0.1) is 17.3 Å². The van der Waals surface area contributed by atoms with Crippen LogP contribution in [-0.2, 0) is 0 Å². The molecule has 0 nitrogen and oxygen atoms in total. The second kappa shape index (κ2) is 3.60. The topological polar surface area (TPSA) is 0 Å². The fraction of sp³-hybridized carbons (Fsp3) is 1.00. The normalized spacial score (nSPS) is 30.8. The minimum Gasteiger partial charge on any atom is -0.126 e. The molecule has 0 heterocycles. The van der Waals surface area contributed by atoms with Gasteiger partial charge >= 0.3 is 0 Å². The second-order valence-corrected chi connectivity index (χ2v) is 7.87. The molecule has 72 valence electrons. The predicted octanol–water partition coefficient (Wildman–Crippen LogP) is 4.22. The third-order valence-electron chi connectivity index (χ3n) is 2.71. The monoisotopic (exact) mass is 336 g/mol. The summed E-state index contributed by atoms with van der Waals surface area (Å²) in [7, 11) is 0. The first-order chi connectivity index (χ1) is 5.44. The Morgan fingerprint density at radius 1 is 1.25 bits per heavy atom. The fourth-order valence-electron chi connectivity index (χ4n) is 1.98. The molecule has 4 heteroatoms. The predicted molar refractivity (Wildman–Crippen MR) is 62.8 cm³/mol. The second-order valence-electron chi connectivity index (χ2n) is 3.77. The summed E-state index contributed by atoms with van der Waals surface area (Å²) < 4.78 is -0.0370. The van der Waals surface area contributed by atoms with Crippen molar-refractivity contribution >= 4 is 55.1 Å². The molecule has 0 aromatic rings. The minimum absolute atomic E-state index is 0.0320. The maximum atomic E-state index is 5.93. The molecule has 0 aromatic heterocycles. The number of alkyl halides is 4. The molecule has 0 spiro atoms. The van der Waals surface area contributed by atoms with Gasteiger partial charge in [-0.2, -0.15) is 0 Å². The van der Waals surface area contributed by atoms with Gasteiger partial charge in [0.1, 0.15) is 0 Å². The molecule has 0 saturated heterocycles. The van der Waals surface area contributed by atoms with Crippen LogP contribution in [-0.4, -0.2) is 15.0 Å². The number of halogens is 4. The lowest BCUT2D eigenvalue weighted by atomic mass is 10.0. The van der Waals surface area contributed by atoms with Crippen molar-refractivity contribution in [1.29, 1.82) is 0 Å². The SMILES string of the molecule is CC(C)C1C(Br)(Br)C1(CCl)CCl. The molecule has 0 radical (unpaired) electrons. The van der Waals surface area contributed by atoms with E-state index >= 15 is 0 Å². The first kappa shape index (κ1) is 11.6. The van der Waals surface area contributed by atoms with Crippen LogP contribution >= 0.6 is 55.1 Å². The molecule has 0 aromatic carbocycles. The van der Waals surface area contributed by atoms with E-state index < -0.39 is 0 Å². The van der Waals surface area contributed by atoms with E-state index in [9.17, 15) is 0 Å². The quantitative estimate of drug-likeness (QED) is 0.676. The van der Waals surface area contributed by atoms with Crippen LogP contribution in [0.1, 0.15) is 13.8 Å². The Bertz CT molecular complexity index is 176. The first-order valence-corrected chi connectivity index (χ1v) is 6.59. The Labute approximate surface area is 101 Å². The summed E-state index contributed by atoms with van der Waals surface area (Å²) in [4.78, 5) is 0. The van der Waals surface area contributed by atoms with Crippen molar-refractivity contribution < 1.29 is 0 Å². The van der Waals surface area contributed by atoms with E-state index in [1.807, 2.05) is 0 Å². The highest BCUT2D eigenvalue weighted by Crippen LogP contribution is 2.74. The van der Waals surface area contributed by atoms with Crippen LogP contribution in [0.5, 0.6) is 0 Å². The molecule has 1 fully saturated rings. The van der Waals surface area contributed by atoms with Crippen LogP contribution in [0.2, 0.25) is 0 Å². The van der Waals surface area contributed by atoms with Crippen LogP contribution in [0.3, 0.4) is 0 Å². The zero-order valence-electron chi connectivity index (χ0n) is 7.08. The zero-order chi connectivity index (χ0) is 9.57. The number of hydrogen-bond acceptors (Lipinski definition) is 0. The molecule has 1 aliphatic rings. The zero-order valence-corrected chi connectivity index (χ0v) is 11.8.